The van der Waals surface area contributed by atoms with E-state index >= 15 is 0 Å². The van der Waals surface area contributed by atoms with E-state index in [0.717, 1.165) is 5.56 Å². The highest BCUT2D eigenvalue weighted by atomic mass is 19.1. The number of esters is 1. The molecule has 2 aliphatic heterocycles. The van der Waals surface area contributed by atoms with Crippen LogP contribution in [0.3, 0.4) is 0 Å². The summed E-state index contributed by atoms with van der Waals surface area (Å²) in [5.74, 6) is 0.543. The molecule has 0 unspecified atom stereocenters. The third-order valence-corrected chi connectivity index (χ3v) is 3.58. The topological polar surface area (TPSA) is 57.1 Å². The van der Waals surface area contributed by atoms with E-state index < -0.39 is 5.97 Å². The molecule has 0 radical (unpaired) electrons. The van der Waals surface area contributed by atoms with Crippen molar-refractivity contribution in [2.45, 2.75) is 0 Å². The first kappa shape index (κ1) is 14.4. The molecule has 2 aromatic rings. The summed E-state index contributed by atoms with van der Waals surface area (Å²) < 4.78 is 29.1. The first-order chi connectivity index (χ1) is 11.7. The Morgan fingerprint density at radius 2 is 1.75 bits per heavy atom. The largest absolute Gasteiger partial charge is 0.486 e. The van der Waals surface area contributed by atoms with E-state index in [1.54, 1.807) is 24.3 Å². The minimum absolute atomic E-state index is 0.156. The number of aliphatic imine (C=N–C) groups is 1. The predicted molar refractivity (Wildman–Crippen MR) is 84.4 cm³/mol. The van der Waals surface area contributed by atoms with Gasteiger partial charge in [-0.15, -0.1) is 0 Å². The molecule has 2 heterocycles. The Balaban J connectivity index is 1.64. The fourth-order valence-electron chi connectivity index (χ4n) is 2.43. The number of hydrogen-bond acceptors (Lipinski definition) is 5. The second-order valence-corrected chi connectivity index (χ2v) is 5.25. The summed E-state index contributed by atoms with van der Waals surface area (Å²) in [4.78, 5) is 16.2. The molecule has 6 heteroatoms. The molecule has 0 amide bonds. The Labute approximate surface area is 137 Å². The number of halogens is 1. The summed E-state index contributed by atoms with van der Waals surface area (Å²) >= 11 is 0. The maximum Gasteiger partial charge on any atom is 0.363 e. The highest BCUT2D eigenvalue weighted by Crippen LogP contribution is 2.32. The van der Waals surface area contributed by atoms with Crippen LogP contribution in [-0.4, -0.2) is 25.1 Å². The van der Waals surface area contributed by atoms with E-state index in [-0.39, 0.29) is 17.4 Å². The molecule has 120 valence electrons. The Kier molecular flexibility index (Phi) is 3.49. The van der Waals surface area contributed by atoms with Gasteiger partial charge in [0, 0.05) is 5.56 Å². The van der Waals surface area contributed by atoms with E-state index in [2.05, 4.69) is 4.99 Å². The number of cyclic esters (lactones) is 1. The zero-order valence-corrected chi connectivity index (χ0v) is 12.5. The van der Waals surface area contributed by atoms with Gasteiger partial charge in [-0.05, 0) is 48.0 Å². The van der Waals surface area contributed by atoms with Crippen molar-refractivity contribution < 1.29 is 23.4 Å². The predicted octanol–water partition coefficient (Wildman–Crippen LogP) is 2.94. The van der Waals surface area contributed by atoms with Crippen LogP contribution in [0.4, 0.5) is 4.39 Å². The molecule has 2 aliphatic rings. The van der Waals surface area contributed by atoms with Crippen molar-refractivity contribution in [3.8, 4) is 11.5 Å². The van der Waals surface area contributed by atoms with Crippen molar-refractivity contribution in [3.05, 3.63) is 65.1 Å². The first-order valence-corrected chi connectivity index (χ1v) is 7.37. The Morgan fingerprint density at radius 3 is 2.54 bits per heavy atom. The highest BCUT2D eigenvalue weighted by Gasteiger charge is 2.24. The van der Waals surface area contributed by atoms with E-state index in [1.807, 2.05) is 0 Å². The molecule has 0 spiro atoms. The Bertz CT molecular complexity index is 871. The van der Waals surface area contributed by atoms with E-state index in [1.165, 1.54) is 24.3 Å². The van der Waals surface area contributed by atoms with Gasteiger partial charge in [-0.25, -0.2) is 14.2 Å². The minimum atomic E-state index is -0.552. The first-order valence-electron chi connectivity index (χ1n) is 7.37. The molecule has 4 rings (SSSR count). The molecule has 0 saturated carbocycles. The van der Waals surface area contributed by atoms with Crippen molar-refractivity contribution in [2.75, 3.05) is 13.2 Å². The lowest BCUT2D eigenvalue weighted by Crippen LogP contribution is -2.15. The van der Waals surface area contributed by atoms with Crippen molar-refractivity contribution in [3.63, 3.8) is 0 Å². The van der Waals surface area contributed by atoms with E-state index in [0.29, 0.717) is 30.3 Å². The molecule has 24 heavy (non-hydrogen) atoms. The van der Waals surface area contributed by atoms with E-state index in [4.69, 9.17) is 14.2 Å². The van der Waals surface area contributed by atoms with Crippen LogP contribution < -0.4 is 9.47 Å². The van der Waals surface area contributed by atoms with Gasteiger partial charge in [0.1, 0.15) is 19.0 Å². The lowest BCUT2D eigenvalue weighted by molar-refractivity contribution is -0.129. The number of benzene rings is 2. The fraction of sp³-hybridized carbons (Fsp3) is 0.111. The van der Waals surface area contributed by atoms with Crippen LogP contribution in [0.25, 0.3) is 6.08 Å². The fourth-order valence-corrected chi connectivity index (χ4v) is 2.43. The van der Waals surface area contributed by atoms with Crippen LogP contribution in [0, 0.1) is 5.82 Å². The maximum atomic E-state index is 13.0. The summed E-state index contributed by atoms with van der Waals surface area (Å²) in [5, 5.41) is 0. The zero-order chi connectivity index (χ0) is 16.5. The van der Waals surface area contributed by atoms with Gasteiger partial charge in [0.15, 0.2) is 17.2 Å². The summed E-state index contributed by atoms with van der Waals surface area (Å²) in [6.07, 6.45) is 1.61. The van der Waals surface area contributed by atoms with E-state index in [9.17, 15) is 9.18 Å². The molecule has 0 bridgehead atoms. The summed E-state index contributed by atoms with van der Waals surface area (Å²) in [6, 6.07) is 11.0. The molecule has 2 aromatic carbocycles. The van der Waals surface area contributed by atoms with Crippen molar-refractivity contribution in [1.82, 2.24) is 0 Å². The van der Waals surface area contributed by atoms with Crippen LogP contribution in [-0.2, 0) is 9.53 Å². The SMILES string of the molecule is O=C1OC(c2ccc(F)cc2)=N/C1=C\c1ccc2c(c1)OCCO2. The number of ether oxygens (including phenoxy) is 3. The Hall–Kier alpha value is -3.15. The summed E-state index contributed by atoms with van der Waals surface area (Å²) in [6.45, 7) is 1.01. The van der Waals surface area contributed by atoms with Crippen LogP contribution in [0.5, 0.6) is 11.5 Å². The molecule has 0 fully saturated rings. The van der Waals surface area contributed by atoms with Crippen molar-refractivity contribution >= 4 is 17.9 Å². The van der Waals surface area contributed by atoms with Gasteiger partial charge in [0.05, 0.1) is 0 Å². The second kappa shape index (κ2) is 5.81. The van der Waals surface area contributed by atoms with Gasteiger partial charge in [0.25, 0.3) is 0 Å². The smallest absolute Gasteiger partial charge is 0.363 e. The average Bonchev–Trinajstić information content (AvgIpc) is 2.96. The average molecular weight is 325 g/mol. The number of hydrogen-bond donors (Lipinski definition) is 0. The molecular weight excluding hydrogens is 313 g/mol. The van der Waals surface area contributed by atoms with Crippen LogP contribution in [0.1, 0.15) is 11.1 Å². The van der Waals surface area contributed by atoms with Crippen LogP contribution in [0.2, 0.25) is 0 Å². The second-order valence-electron chi connectivity index (χ2n) is 5.25. The lowest BCUT2D eigenvalue weighted by atomic mass is 10.1. The molecule has 0 atom stereocenters. The van der Waals surface area contributed by atoms with Crippen molar-refractivity contribution in [2.24, 2.45) is 4.99 Å². The molecule has 0 aromatic heterocycles. The molecule has 0 N–H and O–H groups in total. The van der Waals surface area contributed by atoms with Gasteiger partial charge >= 0.3 is 5.97 Å². The number of carbonyl (C=O) groups excluding carboxylic acids is 1. The number of carbonyl (C=O) groups is 1. The minimum Gasteiger partial charge on any atom is -0.486 e. The molecule has 5 nitrogen and oxygen atoms in total. The zero-order valence-electron chi connectivity index (χ0n) is 12.5. The third kappa shape index (κ3) is 2.74. The normalized spacial score (nSPS) is 17.6. The Morgan fingerprint density at radius 1 is 1.00 bits per heavy atom. The van der Waals surface area contributed by atoms with Gasteiger partial charge < -0.3 is 14.2 Å². The maximum absolute atomic E-state index is 13.0. The summed E-state index contributed by atoms with van der Waals surface area (Å²) in [7, 11) is 0. The number of nitrogens with zero attached hydrogens (tertiary/aromatic N) is 1. The van der Waals surface area contributed by atoms with Gasteiger partial charge in [-0.2, -0.15) is 0 Å². The van der Waals surface area contributed by atoms with Gasteiger partial charge in [-0.3, -0.25) is 0 Å². The van der Waals surface area contributed by atoms with Crippen molar-refractivity contribution in [1.29, 1.82) is 0 Å². The standard InChI is InChI=1S/C18H12FNO4/c19-13-4-2-12(3-5-13)17-20-14(18(21)24-17)9-11-1-6-15-16(10-11)23-8-7-22-15/h1-6,9-10H,7-8H2/b14-9-. The van der Waals surface area contributed by atoms with Gasteiger partial charge in [-0.1, -0.05) is 6.07 Å². The molecule has 0 saturated heterocycles. The van der Waals surface area contributed by atoms with Crippen LogP contribution in [0.15, 0.2) is 53.2 Å². The van der Waals surface area contributed by atoms with Gasteiger partial charge in [0.2, 0.25) is 5.90 Å². The quantitative estimate of drug-likeness (QED) is 0.629. The lowest BCUT2D eigenvalue weighted by Gasteiger charge is -2.18. The monoisotopic (exact) mass is 325 g/mol. The number of fused-ring (bicyclic) bond motifs is 1. The third-order valence-electron chi connectivity index (χ3n) is 3.58. The molecular formula is C18H12FNO4. The highest BCUT2D eigenvalue weighted by molar-refractivity contribution is 6.12. The van der Waals surface area contributed by atoms with Crippen LogP contribution >= 0.6 is 0 Å². The molecule has 0 aliphatic carbocycles. The number of rotatable bonds is 2. The summed E-state index contributed by atoms with van der Waals surface area (Å²) in [5.41, 5.74) is 1.46.